The van der Waals surface area contributed by atoms with Crippen molar-refractivity contribution in [2.45, 2.75) is 25.4 Å². The summed E-state index contributed by atoms with van der Waals surface area (Å²) < 4.78 is 11.0. The van der Waals surface area contributed by atoms with E-state index in [0.29, 0.717) is 17.2 Å². The highest BCUT2D eigenvalue weighted by Gasteiger charge is 2.21. The lowest BCUT2D eigenvalue weighted by Crippen LogP contribution is -2.26. The molecule has 2 aromatic rings. The number of carbonyl (C=O) groups excluding carboxylic acids is 1. The maximum atomic E-state index is 12.5. The number of hydrogen-bond donors (Lipinski definition) is 0. The fourth-order valence-electron chi connectivity index (χ4n) is 2.77. The molecule has 6 nitrogen and oxygen atoms in total. The van der Waals surface area contributed by atoms with Gasteiger partial charge in [-0.05, 0) is 19.3 Å². The molecule has 1 saturated heterocycles. The molecule has 3 rings (SSSR count). The Kier molecular flexibility index (Phi) is 5.60. The van der Waals surface area contributed by atoms with Gasteiger partial charge < -0.3 is 14.4 Å². The Morgan fingerprint density at radius 1 is 1.28 bits per heavy atom. The van der Waals surface area contributed by atoms with Crippen LogP contribution in [0.15, 0.2) is 36.5 Å². The van der Waals surface area contributed by atoms with Gasteiger partial charge in [-0.1, -0.05) is 30.3 Å². The molecule has 1 aliphatic heterocycles. The summed E-state index contributed by atoms with van der Waals surface area (Å²) in [4.78, 5) is 23.1. The SMILES string of the molecule is CN(C)c1nc(-c2ccccc2)ncc1C(=O)OCC1CCCCO1. The van der Waals surface area contributed by atoms with Crippen LogP contribution in [0, 0.1) is 0 Å². The van der Waals surface area contributed by atoms with Crippen molar-refractivity contribution in [2.75, 3.05) is 32.2 Å². The standard InChI is InChI=1S/C19H23N3O3/c1-22(2)18-16(19(23)25-13-15-10-6-7-11-24-15)12-20-17(21-18)14-8-4-3-5-9-14/h3-5,8-9,12,15H,6-7,10-11,13H2,1-2H3. The van der Waals surface area contributed by atoms with Crippen LogP contribution in [0.2, 0.25) is 0 Å². The average Bonchev–Trinajstić information content (AvgIpc) is 2.67. The van der Waals surface area contributed by atoms with Gasteiger partial charge in [-0.3, -0.25) is 0 Å². The van der Waals surface area contributed by atoms with Crippen molar-refractivity contribution in [1.29, 1.82) is 0 Å². The van der Waals surface area contributed by atoms with E-state index in [1.165, 1.54) is 6.20 Å². The molecule has 0 spiro atoms. The van der Waals surface area contributed by atoms with Crippen LogP contribution in [0.4, 0.5) is 5.82 Å². The molecular weight excluding hydrogens is 318 g/mol. The molecule has 1 fully saturated rings. The zero-order chi connectivity index (χ0) is 17.6. The summed E-state index contributed by atoms with van der Waals surface area (Å²) in [5, 5.41) is 0. The van der Waals surface area contributed by atoms with Gasteiger partial charge in [0.2, 0.25) is 0 Å². The normalized spacial score (nSPS) is 17.1. The van der Waals surface area contributed by atoms with E-state index in [1.807, 2.05) is 44.4 Å². The third kappa shape index (κ3) is 4.33. The van der Waals surface area contributed by atoms with Gasteiger partial charge >= 0.3 is 5.97 Å². The molecule has 0 N–H and O–H groups in total. The number of rotatable bonds is 5. The highest BCUT2D eigenvalue weighted by atomic mass is 16.6. The number of benzene rings is 1. The Hall–Kier alpha value is -2.47. The fraction of sp³-hybridized carbons (Fsp3) is 0.421. The minimum Gasteiger partial charge on any atom is -0.459 e. The number of carbonyl (C=O) groups is 1. The van der Waals surface area contributed by atoms with E-state index in [-0.39, 0.29) is 12.7 Å². The highest BCUT2D eigenvalue weighted by Crippen LogP contribution is 2.22. The zero-order valence-electron chi connectivity index (χ0n) is 14.6. The second-order valence-corrected chi connectivity index (χ2v) is 6.28. The van der Waals surface area contributed by atoms with Crippen LogP contribution in [0.25, 0.3) is 11.4 Å². The van der Waals surface area contributed by atoms with Gasteiger partial charge in [0.05, 0.1) is 6.10 Å². The predicted molar refractivity (Wildman–Crippen MR) is 95.7 cm³/mol. The summed E-state index contributed by atoms with van der Waals surface area (Å²) in [5.41, 5.74) is 1.27. The van der Waals surface area contributed by atoms with Crippen LogP contribution in [0.1, 0.15) is 29.6 Å². The molecule has 1 aromatic heterocycles. The first-order valence-electron chi connectivity index (χ1n) is 8.53. The first-order valence-corrected chi connectivity index (χ1v) is 8.53. The summed E-state index contributed by atoms with van der Waals surface area (Å²) >= 11 is 0. The van der Waals surface area contributed by atoms with Crippen molar-refractivity contribution < 1.29 is 14.3 Å². The van der Waals surface area contributed by atoms with Gasteiger partial charge in [0.25, 0.3) is 0 Å². The zero-order valence-corrected chi connectivity index (χ0v) is 14.6. The van der Waals surface area contributed by atoms with Gasteiger partial charge in [-0.2, -0.15) is 0 Å². The molecular formula is C19H23N3O3. The first-order chi connectivity index (χ1) is 12.1. The summed E-state index contributed by atoms with van der Waals surface area (Å²) in [5.74, 6) is 0.706. The Morgan fingerprint density at radius 3 is 2.76 bits per heavy atom. The van der Waals surface area contributed by atoms with Crippen LogP contribution in [-0.4, -0.2) is 49.4 Å². The maximum Gasteiger partial charge on any atom is 0.343 e. The van der Waals surface area contributed by atoms with E-state index in [4.69, 9.17) is 9.47 Å². The summed E-state index contributed by atoms with van der Waals surface area (Å²) in [7, 11) is 3.69. The van der Waals surface area contributed by atoms with Crippen LogP contribution in [0.5, 0.6) is 0 Å². The molecule has 0 bridgehead atoms. The molecule has 0 amide bonds. The smallest absolute Gasteiger partial charge is 0.343 e. The second-order valence-electron chi connectivity index (χ2n) is 6.28. The lowest BCUT2D eigenvalue weighted by molar-refractivity contribution is -0.0300. The monoisotopic (exact) mass is 341 g/mol. The van der Waals surface area contributed by atoms with Crippen LogP contribution in [-0.2, 0) is 9.47 Å². The van der Waals surface area contributed by atoms with Gasteiger partial charge in [0, 0.05) is 32.5 Å². The van der Waals surface area contributed by atoms with E-state index in [0.717, 1.165) is 31.4 Å². The number of hydrogen-bond acceptors (Lipinski definition) is 6. The molecule has 1 aliphatic rings. The topological polar surface area (TPSA) is 64.6 Å². The van der Waals surface area contributed by atoms with Gasteiger partial charge in [0.1, 0.15) is 18.0 Å². The Morgan fingerprint density at radius 2 is 2.08 bits per heavy atom. The molecule has 6 heteroatoms. The van der Waals surface area contributed by atoms with Crippen molar-refractivity contribution in [3.8, 4) is 11.4 Å². The van der Waals surface area contributed by atoms with E-state index in [9.17, 15) is 4.79 Å². The van der Waals surface area contributed by atoms with Crippen LogP contribution >= 0.6 is 0 Å². The molecule has 132 valence electrons. The van der Waals surface area contributed by atoms with E-state index in [2.05, 4.69) is 9.97 Å². The van der Waals surface area contributed by atoms with Crippen LogP contribution in [0.3, 0.4) is 0 Å². The Labute approximate surface area is 147 Å². The third-order valence-corrected chi connectivity index (χ3v) is 4.12. The molecule has 0 saturated carbocycles. The molecule has 2 heterocycles. The van der Waals surface area contributed by atoms with Gasteiger partial charge in [-0.25, -0.2) is 14.8 Å². The average molecular weight is 341 g/mol. The van der Waals surface area contributed by atoms with Crippen molar-refractivity contribution in [1.82, 2.24) is 9.97 Å². The summed E-state index contributed by atoms with van der Waals surface area (Å²) in [6.45, 7) is 1.01. The van der Waals surface area contributed by atoms with Gasteiger partial charge in [0.15, 0.2) is 5.82 Å². The maximum absolute atomic E-state index is 12.5. The number of esters is 1. The second kappa shape index (κ2) is 8.07. The molecule has 25 heavy (non-hydrogen) atoms. The minimum atomic E-state index is -0.419. The highest BCUT2D eigenvalue weighted by molar-refractivity contribution is 5.94. The van der Waals surface area contributed by atoms with Crippen LogP contribution < -0.4 is 4.90 Å². The molecule has 1 aromatic carbocycles. The number of aromatic nitrogens is 2. The van der Waals surface area contributed by atoms with Crippen molar-refractivity contribution >= 4 is 11.8 Å². The Balaban J connectivity index is 1.76. The number of nitrogens with zero attached hydrogens (tertiary/aromatic N) is 3. The molecule has 1 unspecified atom stereocenters. The van der Waals surface area contributed by atoms with E-state index >= 15 is 0 Å². The van der Waals surface area contributed by atoms with Crippen molar-refractivity contribution in [2.24, 2.45) is 0 Å². The summed E-state index contributed by atoms with van der Waals surface area (Å²) in [6, 6.07) is 9.68. The van der Waals surface area contributed by atoms with E-state index in [1.54, 1.807) is 4.90 Å². The minimum absolute atomic E-state index is 0.00924. The summed E-state index contributed by atoms with van der Waals surface area (Å²) in [6.07, 6.45) is 4.64. The molecule has 0 radical (unpaired) electrons. The van der Waals surface area contributed by atoms with Crippen molar-refractivity contribution in [3.05, 3.63) is 42.1 Å². The van der Waals surface area contributed by atoms with Crippen molar-refractivity contribution in [3.63, 3.8) is 0 Å². The number of anilines is 1. The quantitative estimate of drug-likeness (QED) is 0.779. The molecule has 0 aliphatic carbocycles. The van der Waals surface area contributed by atoms with Gasteiger partial charge in [-0.15, -0.1) is 0 Å². The molecule has 1 atom stereocenters. The largest absolute Gasteiger partial charge is 0.459 e. The predicted octanol–water partition coefficient (Wildman–Crippen LogP) is 2.94. The Bertz CT molecular complexity index is 713. The third-order valence-electron chi connectivity index (χ3n) is 4.12. The first kappa shape index (κ1) is 17.4. The number of ether oxygens (including phenoxy) is 2. The van der Waals surface area contributed by atoms with E-state index < -0.39 is 5.97 Å². The lowest BCUT2D eigenvalue weighted by Gasteiger charge is -2.22. The fourth-order valence-corrected chi connectivity index (χ4v) is 2.77. The lowest BCUT2D eigenvalue weighted by atomic mass is 10.1.